The van der Waals surface area contributed by atoms with Crippen LogP contribution in [0.25, 0.3) is 0 Å². The Bertz CT molecular complexity index is 898. The van der Waals surface area contributed by atoms with Crippen LogP contribution in [0.1, 0.15) is 20.7 Å². The highest BCUT2D eigenvalue weighted by molar-refractivity contribution is 7.94. The summed E-state index contributed by atoms with van der Waals surface area (Å²) in [5, 5.41) is 18.5. The second kappa shape index (κ2) is 8.50. The van der Waals surface area contributed by atoms with E-state index in [-0.39, 0.29) is 43.0 Å². The van der Waals surface area contributed by atoms with E-state index < -0.39 is 39.7 Å². The van der Waals surface area contributed by atoms with Gasteiger partial charge in [-0.1, -0.05) is 24.3 Å². The topological polar surface area (TPSA) is 124 Å². The third kappa shape index (κ3) is 3.61. The summed E-state index contributed by atoms with van der Waals surface area (Å²) in [5.74, 6) is -1.30. The monoisotopic (exact) mass is 410 g/mol. The van der Waals surface area contributed by atoms with E-state index in [1.54, 1.807) is 17.0 Å². The fourth-order valence-electron chi connectivity index (χ4n) is 3.36. The van der Waals surface area contributed by atoms with Crippen LogP contribution >= 0.6 is 0 Å². The van der Waals surface area contributed by atoms with Gasteiger partial charge in [-0.2, -0.15) is 4.31 Å². The number of aliphatic hydroxyl groups excluding tert-OH is 2. The molecule has 0 amide bonds. The summed E-state index contributed by atoms with van der Waals surface area (Å²) >= 11 is 0. The van der Waals surface area contributed by atoms with Gasteiger partial charge >= 0.3 is 0 Å². The smallest absolute Gasteiger partial charge is 0.249 e. The molecule has 0 radical (unpaired) electrons. The first-order valence-corrected chi connectivity index (χ1v) is 10.3. The van der Waals surface area contributed by atoms with E-state index in [0.29, 0.717) is 13.2 Å². The number of carbonyl (C=O) groups is 2. The van der Waals surface area contributed by atoms with E-state index in [1.165, 1.54) is 12.1 Å². The first kappa shape index (κ1) is 20.6. The molecule has 0 saturated carbocycles. The number of ether oxygens (including phenoxy) is 1. The van der Waals surface area contributed by atoms with Gasteiger partial charge < -0.3 is 19.8 Å². The number of allylic oxidation sites excluding steroid dienone is 2. The van der Waals surface area contributed by atoms with Gasteiger partial charge in [-0.25, -0.2) is 8.42 Å². The number of ketones is 2. The molecular weight excluding hydrogens is 388 g/mol. The second-order valence-electron chi connectivity index (χ2n) is 6.33. The average Bonchev–Trinajstić information content (AvgIpc) is 2.70. The van der Waals surface area contributed by atoms with Crippen LogP contribution in [0.5, 0.6) is 0 Å². The van der Waals surface area contributed by atoms with Crippen molar-refractivity contribution >= 4 is 21.6 Å². The summed E-state index contributed by atoms with van der Waals surface area (Å²) in [6, 6.07) is 6.10. The Kier molecular flexibility index (Phi) is 6.26. The SMILES string of the molecule is O=C1C(N2CCOCC2)=C(S(=O)(=O)N(CCO)CCO)C(=O)c2ccccc21. The minimum absolute atomic E-state index is 0.0241. The number of Topliss-reactive ketones (excluding diaryl/α,β-unsaturated/α-hetero) is 2. The van der Waals surface area contributed by atoms with Gasteiger partial charge in [0.15, 0.2) is 4.91 Å². The zero-order valence-electron chi connectivity index (χ0n) is 15.2. The molecule has 1 heterocycles. The Labute approximate surface area is 162 Å². The lowest BCUT2D eigenvalue weighted by atomic mass is 9.91. The molecule has 10 heteroatoms. The number of aliphatic hydroxyl groups is 2. The predicted molar refractivity (Wildman–Crippen MR) is 99.2 cm³/mol. The number of nitrogens with zero attached hydrogens (tertiary/aromatic N) is 2. The summed E-state index contributed by atoms with van der Waals surface area (Å²) in [7, 11) is -4.43. The largest absolute Gasteiger partial charge is 0.395 e. The molecule has 0 unspecified atom stereocenters. The standard InChI is InChI=1S/C18H22N2O7S/c21-9-5-20(6-10-22)28(25,26)18-15(19-7-11-27-12-8-19)16(23)13-3-1-2-4-14(13)17(18)24/h1-4,21-22H,5-12H2. The van der Waals surface area contributed by atoms with Crippen molar-refractivity contribution in [3.05, 3.63) is 46.0 Å². The number of carbonyl (C=O) groups excluding carboxylic acids is 2. The van der Waals surface area contributed by atoms with E-state index in [4.69, 9.17) is 4.74 Å². The van der Waals surface area contributed by atoms with Crippen molar-refractivity contribution in [1.29, 1.82) is 0 Å². The molecule has 1 aromatic rings. The molecule has 1 aromatic carbocycles. The Balaban J connectivity index is 2.21. The number of benzene rings is 1. The highest BCUT2D eigenvalue weighted by atomic mass is 32.2. The van der Waals surface area contributed by atoms with E-state index in [1.807, 2.05) is 0 Å². The lowest BCUT2D eigenvalue weighted by Gasteiger charge is -2.34. The van der Waals surface area contributed by atoms with E-state index >= 15 is 0 Å². The molecule has 152 valence electrons. The molecule has 1 aliphatic carbocycles. The lowest BCUT2D eigenvalue weighted by Crippen LogP contribution is -2.45. The maximum Gasteiger partial charge on any atom is 0.249 e. The number of sulfonamides is 1. The van der Waals surface area contributed by atoms with Gasteiger partial charge in [-0.15, -0.1) is 0 Å². The highest BCUT2D eigenvalue weighted by Gasteiger charge is 2.43. The maximum atomic E-state index is 13.3. The van der Waals surface area contributed by atoms with Crippen LogP contribution in [-0.2, 0) is 14.8 Å². The summed E-state index contributed by atoms with van der Waals surface area (Å²) in [5.41, 5.74) is 0.00715. The number of morpholine rings is 1. The third-order valence-electron chi connectivity index (χ3n) is 4.68. The molecule has 9 nitrogen and oxygen atoms in total. The van der Waals surface area contributed by atoms with Crippen molar-refractivity contribution in [2.24, 2.45) is 0 Å². The molecule has 2 aliphatic rings. The predicted octanol–water partition coefficient (Wildman–Crippen LogP) is -0.774. The van der Waals surface area contributed by atoms with E-state index in [9.17, 15) is 28.2 Å². The van der Waals surface area contributed by atoms with Gasteiger partial charge in [0.2, 0.25) is 21.6 Å². The number of hydrogen-bond donors (Lipinski definition) is 2. The third-order valence-corrected chi connectivity index (χ3v) is 6.62. The molecular formula is C18H22N2O7S. The van der Waals surface area contributed by atoms with Gasteiger partial charge in [-0.3, -0.25) is 9.59 Å². The first-order chi connectivity index (χ1) is 13.4. The first-order valence-electron chi connectivity index (χ1n) is 8.90. The zero-order valence-corrected chi connectivity index (χ0v) is 16.0. The molecule has 3 rings (SSSR count). The normalized spacial score (nSPS) is 18.0. The van der Waals surface area contributed by atoms with Crippen LogP contribution in [0.15, 0.2) is 34.9 Å². The molecule has 1 aliphatic heterocycles. The van der Waals surface area contributed by atoms with Crippen molar-refractivity contribution in [2.45, 2.75) is 0 Å². The summed E-state index contributed by atoms with van der Waals surface area (Å²) < 4.78 is 32.7. The van der Waals surface area contributed by atoms with Crippen molar-refractivity contribution in [3.8, 4) is 0 Å². The fourth-order valence-corrected chi connectivity index (χ4v) is 5.07. The molecule has 0 aromatic heterocycles. The fraction of sp³-hybridized carbons (Fsp3) is 0.444. The number of fused-ring (bicyclic) bond motifs is 1. The molecule has 28 heavy (non-hydrogen) atoms. The number of hydrogen-bond acceptors (Lipinski definition) is 8. The Hall–Kier alpha value is -2.11. The lowest BCUT2D eigenvalue weighted by molar-refractivity contribution is 0.0498. The molecule has 1 fully saturated rings. The Morgan fingerprint density at radius 1 is 0.964 bits per heavy atom. The van der Waals surface area contributed by atoms with Crippen molar-refractivity contribution < 1.29 is 33.0 Å². The second-order valence-corrected chi connectivity index (χ2v) is 8.21. The van der Waals surface area contributed by atoms with Gasteiger partial charge in [0.05, 0.1) is 26.4 Å². The summed E-state index contributed by atoms with van der Waals surface area (Å²) in [6.07, 6.45) is 0. The number of rotatable bonds is 7. The molecule has 0 atom stereocenters. The van der Waals surface area contributed by atoms with Crippen LogP contribution in [0.2, 0.25) is 0 Å². The van der Waals surface area contributed by atoms with Crippen LogP contribution in [0.4, 0.5) is 0 Å². The van der Waals surface area contributed by atoms with Crippen LogP contribution in [0, 0.1) is 0 Å². The van der Waals surface area contributed by atoms with Crippen molar-refractivity contribution in [1.82, 2.24) is 9.21 Å². The van der Waals surface area contributed by atoms with Crippen LogP contribution in [0.3, 0.4) is 0 Å². The summed E-state index contributed by atoms with van der Waals surface area (Å²) in [6.45, 7) is -0.424. The summed E-state index contributed by atoms with van der Waals surface area (Å²) in [4.78, 5) is 27.3. The Morgan fingerprint density at radius 3 is 2.04 bits per heavy atom. The quantitative estimate of drug-likeness (QED) is 0.600. The minimum Gasteiger partial charge on any atom is -0.395 e. The van der Waals surface area contributed by atoms with Gasteiger partial charge in [0, 0.05) is 37.3 Å². The van der Waals surface area contributed by atoms with Crippen LogP contribution < -0.4 is 0 Å². The van der Waals surface area contributed by atoms with Gasteiger partial charge in [-0.05, 0) is 0 Å². The molecule has 1 saturated heterocycles. The van der Waals surface area contributed by atoms with E-state index in [2.05, 4.69) is 0 Å². The van der Waals surface area contributed by atoms with Crippen LogP contribution in [-0.4, -0.2) is 92.0 Å². The zero-order chi connectivity index (χ0) is 20.3. The molecule has 2 N–H and O–H groups in total. The Morgan fingerprint density at radius 2 is 1.50 bits per heavy atom. The van der Waals surface area contributed by atoms with Gasteiger partial charge in [0.1, 0.15) is 5.70 Å². The molecule has 0 bridgehead atoms. The minimum atomic E-state index is -4.43. The average molecular weight is 410 g/mol. The highest BCUT2D eigenvalue weighted by Crippen LogP contribution is 2.33. The van der Waals surface area contributed by atoms with E-state index in [0.717, 1.165) is 4.31 Å². The van der Waals surface area contributed by atoms with Crippen molar-refractivity contribution in [2.75, 3.05) is 52.6 Å². The maximum absolute atomic E-state index is 13.3. The van der Waals surface area contributed by atoms with Gasteiger partial charge in [0.25, 0.3) is 0 Å². The van der Waals surface area contributed by atoms with Crippen molar-refractivity contribution in [3.63, 3.8) is 0 Å². The molecule has 0 spiro atoms.